The van der Waals surface area contributed by atoms with Gasteiger partial charge in [-0.3, -0.25) is 9.32 Å². The number of amides is 1. The van der Waals surface area contributed by atoms with Crippen molar-refractivity contribution in [1.29, 1.82) is 0 Å². The Balaban J connectivity index is 2.00. The maximum Gasteiger partial charge on any atom is 0.469 e. The molecule has 2 aromatic rings. The fourth-order valence-corrected chi connectivity index (χ4v) is 2.72. The van der Waals surface area contributed by atoms with E-state index >= 15 is 0 Å². The Morgan fingerprint density at radius 1 is 1.07 bits per heavy atom. The molecule has 0 saturated carbocycles. The van der Waals surface area contributed by atoms with Crippen LogP contribution in [0.1, 0.15) is 17.3 Å². The number of carbonyl (C=O) groups excluding carboxylic acids is 1. The summed E-state index contributed by atoms with van der Waals surface area (Å²) in [5.41, 5.74) is 1.53. The van der Waals surface area contributed by atoms with Gasteiger partial charge in [0.2, 0.25) is 0 Å². The highest BCUT2D eigenvalue weighted by molar-refractivity contribution is 7.46. The van der Waals surface area contributed by atoms with Crippen LogP contribution < -0.4 is 5.32 Å². The van der Waals surface area contributed by atoms with Crippen LogP contribution in [0.2, 0.25) is 0 Å². The molecule has 0 aromatic heterocycles. The van der Waals surface area contributed by atoms with E-state index in [1.54, 1.807) is 24.3 Å². The van der Waals surface area contributed by atoms with E-state index in [-0.39, 0.29) is 5.56 Å². The van der Waals surface area contributed by atoms with Crippen LogP contribution in [0, 0.1) is 0 Å². The molecule has 0 aliphatic carbocycles. The minimum Gasteiger partial charge on any atom is -0.394 e. The molecule has 27 heavy (non-hydrogen) atoms. The van der Waals surface area contributed by atoms with E-state index < -0.39 is 32.5 Å². The molecule has 10 heteroatoms. The number of rotatable bonds is 8. The lowest BCUT2D eigenvalue weighted by atomic mass is 10.1. The van der Waals surface area contributed by atoms with Gasteiger partial charge in [0.1, 0.15) is 0 Å². The Bertz CT molecular complexity index is 822. The summed E-state index contributed by atoms with van der Waals surface area (Å²) in [7, 11) is -4.73. The summed E-state index contributed by atoms with van der Waals surface area (Å²) in [6.45, 7) is 0.795. The van der Waals surface area contributed by atoms with Crippen LogP contribution in [-0.4, -0.2) is 39.6 Å². The van der Waals surface area contributed by atoms with Crippen molar-refractivity contribution >= 4 is 25.1 Å². The van der Waals surface area contributed by atoms with Gasteiger partial charge >= 0.3 is 7.82 Å². The van der Waals surface area contributed by atoms with E-state index in [4.69, 9.17) is 9.79 Å². The molecule has 0 heterocycles. The van der Waals surface area contributed by atoms with Crippen molar-refractivity contribution in [2.24, 2.45) is 10.2 Å². The highest BCUT2D eigenvalue weighted by Gasteiger charge is 2.27. The summed E-state index contributed by atoms with van der Waals surface area (Å²) in [5, 5.41) is 19.9. The van der Waals surface area contributed by atoms with Crippen molar-refractivity contribution in [3.63, 3.8) is 0 Å². The van der Waals surface area contributed by atoms with E-state index in [0.717, 1.165) is 0 Å². The van der Waals surface area contributed by atoms with Crippen molar-refractivity contribution in [2.45, 2.75) is 19.1 Å². The zero-order valence-electron chi connectivity index (χ0n) is 14.5. The number of aliphatic hydroxyl groups is 1. The van der Waals surface area contributed by atoms with Crippen LogP contribution in [0.4, 0.5) is 11.4 Å². The first kappa shape index (κ1) is 20.9. The van der Waals surface area contributed by atoms with E-state index in [1.165, 1.54) is 19.1 Å². The number of hydrogen-bond acceptors (Lipinski definition) is 6. The molecular formula is C17H20N3O6P. The number of hydrogen-bond donors (Lipinski definition) is 4. The topological polar surface area (TPSA) is 141 Å². The van der Waals surface area contributed by atoms with Crippen molar-refractivity contribution in [3.8, 4) is 0 Å². The zero-order chi connectivity index (χ0) is 19.9. The van der Waals surface area contributed by atoms with Crippen molar-refractivity contribution < 1.29 is 28.8 Å². The van der Waals surface area contributed by atoms with Crippen molar-refractivity contribution in [1.82, 2.24) is 5.32 Å². The fraction of sp³-hybridized carbons (Fsp3) is 0.235. The molecule has 0 unspecified atom stereocenters. The maximum absolute atomic E-state index is 12.2. The lowest BCUT2D eigenvalue weighted by molar-refractivity contribution is 0.0710. The van der Waals surface area contributed by atoms with E-state index in [9.17, 15) is 14.5 Å². The molecular weight excluding hydrogens is 373 g/mol. The Kier molecular flexibility index (Phi) is 7.35. The average Bonchev–Trinajstić information content (AvgIpc) is 2.64. The molecule has 0 aliphatic rings. The molecule has 0 bridgehead atoms. The van der Waals surface area contributed by atoms with Gasteiger partial charge in [0.25, 0.3) is 5.91 Å². The standard InChI is InChI=1S/C17H20N3O6P/c1-12(26-27(23,24)25)16(11-21)18-17(22)13-7-9-15(10-8-13)20-19-14-5-3-2-4-6-14/h2-10,12,16,21H,11H2,1H3,(H,18,22)(H2,23,24,25)/t12-,16-/m1/s1. The summed E-state index contributed by atoms with van der Waals surface area (Å²) in [6, 6.07) is 14.4. The number of nitrogens with one attached hydrogen (secondary N) is 1. The third-order valence-electron chi connectivity index (χ3n) is 3.55. The lowest BCUT2D eigenvalue weighted by Gasteiger charge is -2.23. The SMILES string of the molecule is C[C@@H](OP(=O)(O)O)[C@@H](CO)NC(=O)c1ccc(N=Nc2ccccc2)cc1. The van der Waals surface area contributed by atoms with Crippen LogP contribution in [0.15, 0.2) is 64.8 Å². The second-order valence-corrected chi connectivity index (χ2v) is 6.84. The molecule has 9 nitrogen and oxygen atoms in total. The molecule has 0 saturated heterocycles. The molecule has 144 valence electrons. The van der Waals surface area contributed by atoms with E-state index in [1.807, 2.05) is 18.2 Å². The minimum atomic E-state index is -4.73. The first-order chi connectivity index (χ1) is 12.8. The number of nitrogens with zero attached hydrogens (tertiary/aromatic N) is 2. The number of azo groups is 1. The molecule has 4 N–H and O–H groups in total. The first-order valence-electron chi connectivity index (χ1n) is 8.01. The second-order valence-electron chi connectivity index (χ2n) is 5.65. The summed E-state index contributed by atoms with van der Waals surface area (Å²) in [4.78, 5) is 29.9. The third kappa shape index (κ3) is 7.01. The van der Waals surface area contributed by atoms with E-state index in [2.05, 4.69) is 20.1 Å². The van der Waals surface area contributed by atoms with Crippen LogP contribution in [0.5, 0.6) is 0 Å². The highest BCUT2D eigenvalue weighted by Crippen LogP contribution is 2.38. The number of phosphoric acid groups is 1. The quantitative estimate of drug-likeness (QED) is 0.401. The van der Waals surface area contributed by atoms with Crippen molar-refractivity contribution in [2.75, 3.05) is 6.61 Å². The summed E-state index contributed by atoms with van der Waals surface area (Å²) < 4.78 is 15.4. The summed E-state index contributed by atoms with van der Waals surface area (Å²) in [5.74, 6) is -0.526. The molecule has 2 atom stereocenters. The first-order valence-corrected chi connectivity index (χ1v) is 9.54. The Labute approximate surface area is 156 Å². The molecule has 2 rings (SSSR count). The molecule has 0 aliphatic heterocycles. The van der Waals surface area contributed by atoms with E-state index in [0.29, 0.717) is 11.4 Å². The van der Waals surface area contributed by atoms with Gasteiger partial charge in [-0.15, -0.1) is 0 Å². The molecule has 2 aromatic carbocycles. The van der Waals surface area contributed by atoms with Crippen LogP contribution in [0.25, 0.3) is 0 Å². The van der Waals surface area contributed by atoms with Gasteiger partial charge in [-0.25, -0.2) is 4.57 Å². The van der Waals surface area contributed by atoms with Gasteiger partial charge < -0.3 is 20.2 Å². The largest absolute Gasteiger partial charge is 0.469 e. The van der Waals surface area contributed by atoms with Gasteiger partial charge in [-0.1, -0.05) is 18.2 Å². The predicted octanol–water partition coefficient (Wildman–Crippen LogP) is 2.69. The minimum absolute atomic E-state index is 0.287. The zero-order valence-corrected chi connectivity index (χ0v) is 15.4. The maximum atomic E-state index is 12.2. The summed E-state index contributed by atoms with van der Waals surface area (Å²) in [6.07, 6.45) is -1.08. The number of benzene rings is 2. The molecule has 0 radical (unpaired) electrons. The van der Waals surface area contributed by atoms with Crippen LogP contribution >= 0.6 is 7.82 Å². The predicted molar refractivity (Wildman–Crippen MR) is 98.0 cm³/mol. The monoisotopic (exact) mass is 393 g/mol. The van der Waals surface area contributed by atoms with Crippen LogP contribution in [0.3, 0.4) is 0 Å². The normalized spacial score (nSPS) is 14.1. The highest BCUT2D eigenvalue weighted by atomic mass is 31.2. The molecule has 0 fully saturated rings. The average molecular weight is 393 g/mol. The number of aliphatic hydroxyl groups excluding tert-OH is 1. The Morgan fingerprint density at radius 3 is 2.15 bits per heavy atom. The van der Waals surface area contributed by atoms with Gasteiger partial charge in [0, 0.05) is 5.56 Å². The van der Waals surface area contributed by atoms with Gasteiger partial charge in [0.15, 0.2) is 0 Å². The smallest absolute Gasteiger partial charge is 0.394 e. The Hall–Kier alpha value is -2.42. The van der Waals surface area contributed by atoms with Gasteiger partial charge in [0.05, 0.1) is 30.1 Å². The van der Waals surface area contributed by atoms with Gasteiger partial charge in [-0.05, 0) is 43.3 Å². The lowest BCUT2D eigenvalue weighted by Crippen LogP contribution is -2.45. The molecule has 1 amide bonds. The van der Waals surface area contributed by atoms with Crippen molar-refractivity contribution in [3.05, 3.63) is 60.2 Å². The summed E-state index contributed by atoms with van der Waals surface area (Å²) >= 11 is 0. The second kappa shape index (κ2) is 9.50. The van der Waals surface area contributed by atoms with Gasteiger partial charge in [-0.2, -0.15) is 10.2 Å². The van der Waals surface area contributed by atoms with Crippen LogP contribution in [-0.2, 0) is 9.09 Å². The fourth-order valence-electron chi connectivity index (χ4n) is 2.14. The Morgan fingerprint density at radius 2 is 1.63 bits per heavy atom. The number of phosphoric ester groups is 1. The number of carbonyl (C=O) groups is 1. The third-order valence-corrected chi connectivity index (χ3v) is 4.16. The molecule has 0 spiro atoms.